The fraction of sp³-hybridized carbons (Fsp3) is 0.0714. The first-order valence-electron chi connectivity index (χ1n) is 5.78. The molecule has 102 valence electrons. The summed E-state index contributed by atoms with van der Waals surface area (Å²) >= 11 is 3.24. The second kappa shape index (κ2) is 6.29. The van der Waals surface area contributed by atoms with Crippen molar-refractivity contribution in [2.75, 3.05) is 5.32 Å². The van der Waals surface area contributed by atoms with Crippen LogP contribution in [0.1, 0.15) is 15.9 Å². The van der Waals surface area contributed by atoms with Gasteiger partial charge in [-0.3, -0.25) is 9.78 Å². The van der Waals surface area contributed by atoms with Crippen LogP contribution in [-0.4, -0.2) is 22.0 Å². The van der Waals surface area contributed by atoms with E-state index in [2.05, 4.69) is 26.2 Å². The van der Waals surface area contributed by atoms with Crippen LogP contribution in [0.25, 0.3) is 0 Å². The number of amides is 1. The molecule has 6 heteroatoms. The summed E-state index contributed by atoms with van der Waals surface area (Å²) in [6.07, 6.45) is 3.35. The molecule has 0 atom stereocenters. The molecule has 2 rings (SSSR count). The van der Waals surface area contributed by atoms with E-state index < -0.39 is 5.97 Å². The molecule has 2 N–H and O–H groups in total. The Hall–Kier alpha value is -2.21. The normalized spacial score (nSPS) is 10.1. The molecular weight excluding hydrogens is 324 g/mol. The zero-order chi connectivity index (χ0) is 14.5. The first-order chi connectivity index (χ1) is 9.58. The number of para-hydroxylation sites is 1. The summed E-state index contributed by atoms with van der Waals surface area (Å²) < 4.78 is 0.525. The smallest absolute Gasteiger partial charge is 0.337 e. The third-order valence-corrected chi connectivity index (χ3v) is 3.26. The fourth-order valence-corrected chi connectivity index (χ4v) is 2.17. The summed E-state index contributed by atoms with van der Waals surface area (Å²) in [6, 6.07) is 8.23. The average molecular weight is 335 g/mol. The van der Waals surface area contributed by atoms with Crippen molar-refractivity contribution in [3.63, 3.8) is 0 Å². The van der Waals surface area contributed by atoms with Crippen molar-refractivity contribution in [1.29, 1.82) is 0 Å². The van der Waals surface area contributed by atoms with Crippen LogP contribution >= 0.6 is 15.9 Å². The molecule has 1 amide bonds. The number of nitrogens with zero attached hydrogens (tertiary/aromatic N) is 1. The Labute approximate surface area is 123 Å². The molecule has 0 radical (unpaired) electrons. The minimum atomic E-state index is -1.09. The molecule has 0 unspecified atom stereocenters. The average Bonchev–Trinajstić information content (AvgIpc) is 2.42. The van der Waals surface area contributed by atoms with Gasteiger partial charge in [-0.2, -0.15) is 0 Å². The van der Waals surface area contributed by atoms with Crippen molar-refractivity contribution >= 4 is 33.5 Å². The van der Waals surface area contributed by atoms with Gasteiger partial charge in [0, 0.05) is 16.9 Å². The SMILES string of the molecule is O=C(Cc1cccnc1)Nc1c(Br)cccc1C(=O)O. The van der Waals surface area contributed by atoms with E-state index in [9.17, 15) is 9.59 Å². The van der Waals surface area contributed by atoms with Gasteiger partial charge in [0.2, 0.25) is 5.91 Å². The van der Waals surface area contributed by atoms with Gasteiger partial charge < -0.3 is 10.4 Å². The molecule has 5 nitrogen and oxygen atoms in total. The van der Waals surface area contributed by atoms with Gasteiger partial charge in [-0.1, -0.05) is 12.1 Å². The monoisotopic (exact) mass is 334 g/mol. The molecule has 1 aromatic carbocycles. The Morgan fingerprint density at radius 2 is 2.05 bits per heavy atom. The molecule has 0 aliphatic rings. The number of carbonyl (C=O) groups excluding carboxylic acids is 1. The Balaban J connectivity index is 2.18. The molecule has 1 aromatic heterocycles. The Kier molecular flexibility index (Phi) is 4.47. The zero-order valence-electron chi connectivity index (χ0n) is 10.3. The number of aromatic carboxylic acids is 1. The van der Waals surface area contributed by atoms with E-state index in [1.54, 1.807) is 36.7 Å². The Morgan fingerprint density at radius 3 is 2.70 bits per heavy atom. The summed E-state index contributed by atoms with van der Waals surface area (Å²) in [5.74, 6) is -1.39. The third kappa shape index (κ3) is 3.42. The van der Waals surface area contributed by atoms with Gasteiger partial charge in [-0.05, 0) is 39.7 Å². The van der Waals surface area contributed by atoms with E-state index in [1.165, 1.54) is 6.07 Å². The van der Waals surface area contributed by atoms with E-state index >= 15 is 0 Å². The molecule has 2 aromatic rings. The van der Waals surface area contributed by atoms with E-state index in [0.29, 0.717) is 4.47 Å². The highest BCUT2D eigenvalue weighted by molar-refractivity contribution is 9.10. The predicted molar refractivity (Wildman–Crippen MR) is 77.7 cm³/mol. The standard InChI is InChI=1S/C14H11BrN2O3/c15-11-5-1-4-10(14(19)20)13(11)17-12(18)7-9-3-2-6-16-8-9/h1-6,8H,7H2,(H,17,18)(H,19,20). The molecule has 0 spiro atoms. The van der Waals surface area contributed by atoms with Crippen LogP contribution in [0, 0.1) is 0 Å². The third-order valence-electron chi connectivity index (χ3n) is 2.60. The highest BCUT2D eigenvalue weighted by Gasteiger charge is 2.15. The van der Waals surface area contributed by atoms with Crippen molar-refractivity contribution in [3.8, 4) is 0 Å². The maximum Gasteiger partial charge on any atom is 0.337 e. The van der Waals surface area contributed by atoms with Gasteiger partial charge >= 0.3 is 5.97 Å². The van der Waals surface area contributed by atoms with Crippen molar-refractivity contribution in [2.24, 2.45) is 0 Å². The van der Waals surface area contributed by atoms with Gasteiger partial charge in [0.05, 0.1) is 17.7 Å². The molecule has 20 heavy (non-hydrogen) atoms. The van der Waals surface area contributed by atoms with Crippen LogP contribution in [0.4, 0.5) is 5.69 Å². The predicted octanol–water partition coefficient (Wildman–Crippen LogP) is 2.72. The Morgan fingerprint density at radius 1 is 1.25 bits per heavy atom. The van der Waals surface area contributed by atoms with E-state index in [-0.39, 0.29) is 23.6 Å². The number of hydrogen-bond acceptors (Lipinski definition) is 3. The number of pyridine rings is 1. The fourth-order valence-electron chi connectivity index (χ4n) is 1.70. The highest BCUT2D eigenvalue weighted by atomic mass is 79.9. The summed E-state index contributed by atoms with van der Waals surface area (Å²) in [5, 5.41) is 11.7. The minimum Gasteiger partial charge on any atom is -0.478 e. The summed E-state index contributed by atoms with van der Waals surface area (Å²) in [5.41, 5.74) is 1.06. The van der Waals surface area contributed by atoms with Crippen LogP contribution in [0.2, 0.25) is 0 Å². The van der Waals surface area contributed by atoms with Crippen molar-refractivity contribution in [3.05, 3.63) is 58.3 Å². The number of carboxylic acids is 1. The maximum absolute atomic E-state index is 12.0. The van der Waals surface area contributed by atoms with Crippen LogP contribution in [0.15, 0.2) is 47.2 Å². The van der Waals surface area contributed by atoms with E-state index in [0.717, 1.165) is 5.56 Å². The van der Waals surface area contributed by atoms with Crippen molar-refractivity contribution in [1.82, 2.24) is 4.98 Å². The second-order valence-corrected chi connectivity index (χ2v) is 4.91. The molecule has 0 fully saturated rings. The summed E-state index contributed by atoms with van der Waals surface area (Å²) in [7, 11) is 0. The minimum absolute atomic E-state index is 0.0407. The number of rotatable bonds is 4. The quantitative estimate of drug-likeness (QED) is 0.900. The molecule has 0 saturated heterocycles. The number of halogens is 1. The topological polar surface area (TPSA) is 79.3 Å². The van der Waals surface area contributed by atoms with E-state index in [4.69, 9.17) is 5.11 Å². The van der Waals surface area contributed by atoms with Crippen molar-refractivity contribution in [2.45, 2.75) is 6.42 Å². The van der Waals surface area contributed by atoms with Crippen molar-refractivity contribution < 1.29 is 14.7 Å². The van der Waals surface area contributed by atoms with Crippen LogP contribution in [-0.2, 0) is 11.2 Å². The number of benzene rings is 1. The number of hydrogen-bond donors (Lipinski definition) is 2. The largest absolute Gasteiger partial charge is 0.478 e. The first kappa shape index (κ1) is 14.2. The number of carbonyl (C=O) groups is 2. The van der Waals surface area contributed by atoms with Crippen LogP contribution in [0.5, 0.6) is 0 Å². The van der Waals surface area contributed by atoms with Gasteiger partial charge in [0.1, 0.15) is 0 Å². The lowest BCUT2D eigenvalue weighted by Gasteiger charge is -2.10. The molecule has 0 aliphatic heterocycles. The summed E-state index contributed by atoms with van der Waals surface area (Å²) in [6.45, 7) is 0. The van der Waals surface area contributed by atoms with E-state index in [1.807, 2.05) is 0 Å². The van der Waals surface area contributed by atoms with Crippen LogP contribution < -0.4 is 5.32 Å². The second-order valence-electron chi connectivity index (χ2n) is 4.05. The molecule has 0 aliphatic carbocycles. The first-order valence-corrected chi connectivity index (χ1v) is 6.58. The number of nitrogens with one attached hydrogen (secondary N) is 1. The molecule has 0 saturated carbocycles. The number of carboxylic acid groups (broad SMARTS) is 1. The van der Waals surface area contributed by atoms with Gasteiger partial charge in [0.25, 0.3) is 0 Å². The molecule has 1 heterocycles. The van der Waals surface area contributed by atoms with Crippen LogP contribution in [0.3, 0.4) is 0 Å². The summed E-state index contributed by atoms with van der Waals surface area (Å²) in [4.78, 5) is 27.0. The highest BCUT2D eigenvalue weighted by Crippen LogP contribution is 2.26. The van der Waals surface area contributed by atoms with Gasteiger partial charge in [0.15, 0.2) is 0 Å². The maximum atomic E-state index is 12.0. The Bertz CT molecular complexity index is 644. The van der Waals surface area contributed by atoms with Gasteiger partial charge in [-0.15, -0.1) is 0 Å². The zero-order valence-corrected chi connectivity index (χ0v) is 11.9. The van der Waals surface area contributed by atoms with Gasteiger partial charge in [-0.25, -0.2) is 4.79 Å². The lowest BCUT2D eigenvalue weighted by Crippen LogP contribution is -2.17. The number of aromatic nitrogens is 1. The lowest BCUT2D eigenvalue weighted by molar-refractivity contribution is -0.115. The lowest BCUT2D eigenvalue weighted by atomic mass is 10.1. The molecular formula is C14H11BrN2O3. The number of anilines is 1. The molecule has 0 bridgehead atoms.